The third-order valence-electron chi connectivity index (χ3n) is 3.59. The van der Waals surface area contributed by atoms with Crippen LogP contribution in [0.5, 0.6) is 0 Å². The average molecular weight is 266 g/mol. The lowest BCUT2D eigenvalue weighted by molar-refractivity contribution is 0.00578. The van der Waals surface area contributed by atoms with Gasteiger partial charge in [-0.15, -0.1) is 0 Å². The molecule has 0 aromatic carbocycles. The highest BCUT2D eigenvalue weighted by Crippen LogP contribution is 2.36. The number of ether oxygens (including phenoxy) is 1. The van der Waals surface area contributed by atoms with Gasteiger partial charge in [-0.25, -0.2) is 4.79 Å². The van der Waals surface area contributed by atoms with Crippen LogP contribution in [0.3, 0.4) is 0 Å². The Bertz CT molecular complexity index is 468. The second-order valence-electron chi connectivity index (χ2n) is 5.52. The Balaban J connectivity index is 2.15. The van der Waals surface area contributed by atoms with E-state index in [1.165, 1.54) is 0 Å². The maximum Gasteiger partial charge on any atom is 0.513 e. The van der Waals surface area contributed by atoms with Gasteiger partial charge in [-0.3, -0.25) is 5.10 Å². The highest BCUT2D eigenvalue weighted by Gasteiger charge is 2.52. The van der Waals surface area contributed by atoms with E-state index in [0.717, 1.165) is 0 Å². The van der Waals surface area contributed by atoms with Crippen molar-refractivity contribution in [2.24, 2.45) is 0 Å². The summed E-state index contributed by atoms with van der Waals surface area (Å²) in [5.74, 6) is -0.457. The summed E-state index contributed by atoms with van der Waals surface area (Å²) in [5.41, 5.74) is -0.00650. The van der Waals surface area contributed by atoms with Gasteiger partial charge in [0.1, 0.15) is 0 Å². The van der Waals surface area contributed by atoms with Crippen molar-refractivity contribution in [2.45, 2.75) is 45.8 Å². The Morgan fingerprint density at radius 3 is 2.47 bits per heavy atom. The van der Waals surface area contributed by atoms with E-state index in [2.05, 4.69) is 10.2 Å². The SMILES string of the molecule is CCOC(=O)c1cc(B2OC(C)(C)C(C)(C)O2)[nH]n1. The topological polar surface area (TPSA) is 73.4 Å². The van der Waals surface area contributed by atoms with Crippen LogP contribution in [-0.4, -0.2) is 41.1 Å². The molecule has 0 saturated carbocycles. The van der Waals surface area contributed by atoms with Gasteiger partial charge in [0.15, 0.2) is 5.69 Å². The monoisotopic (exact) mass is 266 g/mol. The number of hydrogen-bond donors (Lipinski definition) is 1. The van der Waals surface area contributed by atoms with E-state index >= 15 is 0 Å². The van der Waals surface area contributed by atoms with E-state index < -0.39 is 24.3 Å². The molecule has 0 unspecified atom stereocenters. The molecule has 7 heteroatoms. The predicted molar refractivity (Wildman–Crippen MR) is 70.3 cm³/mol. The van der Waals surface area contributed by atoms with Crippen molar-refractivity contribution < 1.29 is 18.8 Å². The quantitative estimate of drug-likeness (QED) is 0.649. The van der Waals surface area contributed by atoms with Crippen molar-refractivity contribution in [1.29, 1.82) is 0 Å². The summed E-state index contributed by atoms with van der Waals surface area (Å²) >= 11 is 0. The molecule has 0 amide bonds. The molecule has 2 rings (SSSR count). The molecule has 1 fully saturated rings. The number of rotatable bonds is 3. The van der Waals surface area contributed by atoms with Crippen LogP contribution in [0.1, 0.15) is 45.1 Å². The molecule has 1 aromatic heterocycles. The lowest BCUT2D eigenvalue weighted by Gasteiger charge is -2.32. The van der Waals surface area contributed by atoms with Crippen LogP contribution in [0.15, 0.2) is 6.07 Å². The maximum atomic E-state index is 11.5. The fourth-order valence-electron chi connectivity index (χ4n) is 1.74. The first-order valence-electron chi connectivity index (χ1n) is 6.35. The number of hydrogen-bond acceptors (Lipinski definition) is 5. The number of aromatic amines is 1. The Morgan fingerprint density at radius 1 is 1.37 bits per heavy atom. The van der Waals surface area contributed by atoms with Gasteiger partial charge in [-0.2, -0.15) is 5.10 Å². The smallest absolute Gasteiger partial charge is 0.461 e. The van der Waals surface area contributed by atoms with E-state index in [4.69, 9.17) is 14.0 Å². The van der Waals surface area contributed by atoms with Crippen LogP contribution >= 0.6 is 0 Å². The minimum atomic E-state index is -0.555. The molecule has 1 aliphatic heterocycles. The lowest BCUT2D eigenvalue weighted by Crippen LogP contribution is -2.41. The van der Waals surface area contributed by atoms with Gasteiger partial charge in [0.2, 0.25) is 0 Å². The van der Waals surface area contributed by atoms with E-state index in [1.54, 1.807) is 13.0 Å². The number of H-pyrrole nitrogens is 1. The first-order valence-corrected chi connectivity index (χ1v) is 6.35. The molecule has 0 atom stereocenters. The van der Waals surface area contributed by atoms with Gasteiger partial charge in [0.25, 0.3) is 0 Å². The molecule has 0 bridgehead atoms. The number of esters is 1. The molecular weight excluding hydrogens is 247 g/mol. The van der Waals surface area contributed by atoms with Gasteiger partial charge < -0.3 is 14.0 Å². The minimum Gasteiger partial charge on any atom is -0.461 e. The molecule has 1 N–H and O–H groups in total. The van der Waals surface area contributed by atoms with Crippen LogP contribution in [0.25, 0.3) is 0 Å². The van der Waals surface area contributed by atoms with Crippen molar-refractivity contribution >= 4 is 18.7 Å². The standard InChI is InChI=1S/C12H19BN2O4/c1-6-17-10(16)8-7-9(15-14-8)13-18-11(2,3)12(4,5)19-13/h7H,6H2,1-5H3,(H,14,15). The zero-order valence-corrected chi connectivity index (χ0v) is 11.9. The molecule has 104 valence electrons. The predicted octanol–water partition coefficient (Wildman–Crippen LogP) is 0.886. The van der Waals surface area contributed by atoms with E-state index in [-0.39, 0.29) is 5.69 Å². The molecule has 1 saturated heterocycles. The highest BCUT2D eigenvalue weighted by molar-refractivity contribution is 6.61. The van der Waals surface area contributed by atoms with Gasteiger partial charge in [-0.05, 0) is 40.7 Å². The molecule has 6 nitrogen and oxygen atoms in total. The van der Waals surface area contributed by atoms with E-state index in [0.29, 0.717) is 12.2 Å². The number of nitrogens with one attached hydrogen (secondary N) is 1. The molecule has 2 heterocycles. The van der Waals surface area contributed by atoms with Crippen LogP contribution in [0.2, 0.25) is 0 Å². The van der Waals surface area contributed by atoms with Crippen molar-refractivity contribution in [1.82, 2.24) is 10.2 Å². The Morgan fingerprint density at radius 2 is 1.95 bits per heavy atom. The van der Waals surface area contributed by atoms with Crippen molar-refractivity contribution in [3.8, 4) is 0 Å². The zero-order valence-electron chi connectivity index (χ0n) is 11.9. The number of carbonyl (C=O) groups excluding carboxylic acids is 1. The Kier molecular flexibility index (Phi) is 3.44. The Labute approximate surface area is 113 Å². The van der Waals surface area contributed by atoms with Gasteiger partial charge >= 0.3 is 13.1 Å². The maximum absolute atomic E-state index is 11.5. The number of nitrogens with zero attached hydrogens (tertiary/aromatic N) is 1. The van der Waals surface area contributed by atoms with Crippen LogP contribution in [0.4, 0.5) is 0 Å². The lowest BCUT2D eigenvalue weighted by atomic mass is 9.85. The number of aromatic nitrogens is 2. The van der Waals surface area contributed by atoms with Crippen molar-refractivity contribution in [3.05, 3.63) is 11.8 Å². The Hall–Kier alpha value is -1.34. The summed E-state index contributed by atoms with van der Waals surface area (Å²) in [6.07, 6.45) is 0. The largest absolute Gasteiger partial charge is 0.513 e. The van der Waals surface area contributed by atoms with Crippen molar-refractivity contribution in [3.63, 3.8) is 0 Å². The fraction of sp³-hybridized carbons (Fsp3) is 0.667. The third kappa shape index (κ3) is 2.53. The van der Waals surface area contributed by atoms with E-state index in [9.17, 15) is 4.79 Å². The van der Waals surface area contributed by atoms with Gasteiger partial charge in [0, 0.05) is 0 Å². The first kappa shape index (κ1) is 14.1. The summed E-state index contributed by atoms with van der Waals surface area (Å²) in [6, 6.07) is 1.60. The molecule has 0 radical (unpaired) electrons. The summed E-state index contributed by atoms with van der Waals surface area (Å²) in [5, 5.41) is 6.68. The highest BCUT2D eigenvalue weighted by atomic mass is 16.7. The first-order chi connectivity index (χ1) is 8.77. The molecule has 1 aromatic rings. The molecular formula is C12H19BN2O4. The van der Waals surface area contributed by atoms with Crippen LogP contribution in [-0.2, 0) is 14.0 Å². The summed E-state index contributed by atoms with van der Waals surface area (Å²) in [6.45, 7) is 9.94. The normalized spacial score (nSPS) is 20.6. The second kappa shape index (κ2) is 4.65. The third-order valence-corrected chi connectivity index (χ3v) is 3.59. The molecule has 0 spiro atoms. The van der Waals surface area contributed by atoms with Gasteiger partial charge in [0.05, 0.1) is 23.4 Å². The number of carbonyl (C=O) groups is 1. The molecule has 1 aliphatic rings. The van der Waals surface area contributed by atoms with Gasteiger partial charge in [-0.1, -0.05) is 0 Å². The zero-order chi connectivity index (χ0) is 14.3. The average Bonchev–Trinajstić information content (AvgIpc) is 2.83. The summed E-state index contributed by atoms with van der Waals surface area (Å²) in [7, 11) is -0.555. The summed E-state index contributed by atoms with van der Waals surface area (Å²) < 4.78 is 16.6. The van der Waals surface area contributed by atoms with E-state index in [1.807, 2.05) is 27.7 Å². The van der Waals surface area contributed by atoms with Crippen LogP contribution < -0.4 is 5.59 Å². The summed E-state index contributed by atoms with van der Waals surface area (Å²) in [4.78, 5) is 11.5. The fourth-order valence-corrected chi connectivity index (χ4v) is 1.74. The molecule has 0 aliphatic carbocycles. The van der Waals surface area contributed by atoms with Crippen molar-refractivity contribution in [2.75, 3.05) is 6.61 Å². The minimum absolute atomic E-state index is 0.228. The second-order valence-corrected chi connectivity index (χ2v) is 5.52. The van der Waals surface area contributed by atoms with Crippen LogP contribution in [0, 0.1) is 0 Å². The molecule has 19 heavy (non-hydrogen) atoms.